The summed E-state index contributed by atoms with van der Waals surface area (Å²) >= 11 is 0. The number of aryl methyl sites for hydroxylation is 2. The second-order valence-corrected chi connectivity index (χ2v) is 5.54. The highest BCUT2D eigenvalue weighted by Crippen LogP contribution is 2.22. The Hall–Kier alpha value is -1.32. The molecular weight excluding hydrogens is 224 g/mol. The van der Waals surface area contributed by atoms with Crippen molar-refractivity contribution in [1.82, 2.24) is 9.55 Å². The van der Waals surface area contributed by atoms with Gasteiger partial charge in [-0.2, -0.15) is 0 Å². The fraction of sp³-hybridized carbons (Fsp3) is 0.714. The Kier molecular flexibility index (Phi) is 5.38. The van der Waals surface area contributed by atoms with Crippen LogP contribution < -0.4 is 5.73 Å². The van der Waals surface area contributed by atoms with Gasteiger partial charge < -0.3 is 10.3 Å². The largest absolute Gasteiger partial charge is 0.387 e. The van der Waals surface area contributed by atoms with Crippen molar-refractivity contribution >= 4 is 5.84 Å². The van der Waals surface area contributed by atoms with Crippen molar-refractivity contribution in [1.29, 1.82) is 5.41 Å². The maximum Gasteiger partial charge on any atom is 0.108 e. The standard InChI is InChI=1S/C14H26N4/c1-4-7-12-17-9-11-18(12)10-6-5-8-14(2,3)13(15)16/h9,11H,4-8,10H2,1-3H3,(H3,15,16). The first-order chi connectivity index (χ1) is 8.47. The van der Waals surface area contributed by atoms with Crippen LogP contribution in [0.3, 0.4) is 0 Å². The van der Waals surface area contributed by atoms with E-state index in [1.54, 1.807) is 0 Å². The van der Waals surface area contributed by atoms with Crippen LogP contribution in [0.15, 0.2) is 12.4 Å². The van der Waals surface area contributed by atoms with Gasteiger partial charge in [-0.25, -0.2) is 4.98 Å². The molecule has 0 fully saturated rings. The molecule has 18 heavy (non-hydrogen) atoms. The quantitative estimate of drug-likeness (QED) is 0.423. The van der Waals surface area contributed by atoms with E-state index in [4.69, 9.17) is 11.1 Å². The van der Waals surface area contributed by atoms with E-state index in [1.165, 1.54) is 5.82 Å². The van der Waals surface area contributed by atoms with Crippen molar-refractivity contribution in [3.05, 3.63) is 18.2 Å². The van der Waals surface area contributed by atoms with E-state index in [0.717, 1.165) is 38.6 Å². The van der Waals surface area contributed by atoms with Crippen LogP contribution in [-0.4, -0.2) is 15.4 Å². The Morgan fingerprint density at radius 3 is 2.78 bits per heavy atom. The highest BCUT2D eigenvalue weighted by atomic mass is 15.1. The summed E-state index contributed by atoms with van der Waals surface area (Å²) in [5.41, 5.74) is 5.41. The first kappa shape index (κ1) is 14.7. The minimum atomic E-state index is -0.165. The van der Waals surface area contributed by atoms with Gasteiger partial charge in [0, 0.05) is 30.8 Å². The molecule has 0 saturated carbocycles. The highest BCUT2D eigenvalue weighted by molar-refractivity contribution is 5.82. The molecule has 0 aromatic carbocycles. The molecule has 0 spiro atoms. The van der Waals surface area contributed by atoms with E-state index in [1.807, 2.05) is 20.0 Å². The van der Waals surface area contributed by atoms with E-state index in [9.17, 15) is 0 Å². The van der Waals surface area contributed by atoms with Crippen LogP contribution in [0.2, 0.25) is 0 Å². The van der Waals surface area contributed by atoms with Gasteiger partial charge in [0.15, 0.2) is 0 Å². The first-order valence-corrected chi connectivity index (χ1v) is 6.82. The van der Waals surface area contributed by atoms with Crippen molar-refractivity contribution < 1.29 is 0 Å². The second kappa shape index (κ2) is 6.57. The molecule has 1 heterocycles. The summed E-state index contributed by atoms with van der Waals surface area (Å²) in [5, 5.41) is 7.52. The molecule has 0 aliphatic carbocycles. The van der Waals surface area contributed by atoms with Crippen LogP contribution in [0, 0.1) is 10.8 Å². The zero-order valence-corrected chi connectivity index (χ0v) is 11.9. The molecule has 0 saturated heterocycles. The third-order valence-electron chi connectivity index (χ3n) is 3.46. The number of aromatic nitrogens is 2. The minimum absolute atomic E-state index is 0.165. The van der Waals surface area contributed by atoms with Gasteiger partial charge in [0.05, 0.1) is 5.84 Å². The molecule has 102 valence electrons. The minimum Gasteiger partial charge on any atom is -0.387 e. The number of nitrogens with two attached hydrogens (primary N) is 1. The number of hydrogen-bond donors (Lipinski definition) is 2. The molecule has 0 aliphatic heterocycles. The average Bonchev–Trinajstić information content (AvgIpc) is 2.72. The topological polar surface area (TPSA) is 67.7 Å². The lowest BCUT2D eigenvalue weighted by molar-refractivity contribution is 0.428. The molecule has 1 aromatic rings. The molecule has 4 heteroatoms. The number of nitrogens with one attached hydrogen (secondary N) is 1. The Bertz CT molecular complexity index is 379. The maximum atomic E-state index is 7.52. The van der Waals surface area contributed by atoms with Gasteiger partial charge in [0.2, 0.25) is 0 Å². The third kappa shape index (κ3) is 4.17. The predicted molar refractivity (Wildman–Crippen MR) is 75.8 cm³/mol. The molecule has 0 atom stereocenters. The van der Waals surface area contributed by atoms with Crippen LogP contribution >= 0.6 is 0 Å². The van der Waals surface area contributed by atoms with E-state index >= 15 is 0 Å². The van der Waals surface area contributed by atoms with Crippen LogP contribution in [0.1, 0.15) is 52.3 Å². The zero-order chi connectivity index (χ0) is 13.6. The van der Waals surface area contributed by atoms with Gasteiger partial charge in [0.1, 0.15) is 5.82 Å². The molecule has 1 rings (SSSR count). The summed E-state index contributed by atoms with van der Waals surface area (Å²) < 4.78 is 2.24. The molecule has 4 nitrogen and oxygen atoms in total. The summed E-state index contributed by atoms with van der Waals surface area (Å²) in [5.74, 6) is 1.47. The van der Waals surface area contributed by atoms with Gasteiger partial charge in [0.25, 0.3) is 0 Å². The van der Waals surface area contributed by atoms with E-state index in [-0.39, 0.29) is 11.3 Å². The second-order valence-electron chi connectivity index (χ2n) is 5.54. The number of rotatable bonds is 8. The van der Waals surface area contributed by atoms with Crippen molar-refractivity contribution in [2.45, 2.75) is 59.4 Å². The van der Waals surface area contributed by atoms with Gasteiger partial charge in [-0.05, 0) is 19.3 Å². The summed E-state index contributed by atoms with van der Waals surface area (Å²) in [6.45, 7) is 7.27. The van der Waals surface area contributed by atoms with Gasteiger partial charge in [-0.15, -0.1) is 0 Å². The summed E-state index contributed by atoms with van der Waals surface area (Å²) in [7, 11) is 0. The van der Waals surface area contributed by atoms with Gasteiger partial charge >= 0.3 is 0 Å². The molecule has 3 N–H and O–H groups in total. The predicted octanol–water partition coefficient (Wildman–Crippen LogP) is 2.97. The van der Waals surface area contributed by atoms with Gasteiger partial charge in [-0.3, -0.25) is 5.41 Å². The summed E-state index contributed by atoms with van der Waals surface area (Å²) in [6.07, 6.45) is 9.30. The molecule has 0 aliphatic rings. The van der Waals surface area contributed by atoms with Crippen LogP contribution in [0.25, 0.3) is 0 Å². The van der Waals surface area contributed by atoms with E-state index < -0.39 is 0 Å². The van der Waals surface area contributed by atoms with Crippen molar-refractivity contribution in [2.75, 3.05) is 0 Å². The number of nitrogens with zero attached hydrogens (tertiary/aromatic N) is 2. The molecule has 0 radical (unpaired) electrons. The third-order valence-corrected chi connectivity index (χ3v) is 3.46. The fourth-order valence-electron chi connectivity index (χ4n) is 1.98. The van der Waals surface area contributed by atoms with E-state index in [2.05, 4.69) is 22.7 Å². The average molecular weight is 250 g/mol. The summed E-state index contributed by atoms with van der Waals surface area (Å²) in [4.78, 5) is 4.37. The zero-order valence-electron chi connectivity index (χ0n) is 11.9. The Morgan fingerprint density at radius 1 is 1.44 bits per heavy atom. The highest BCUT2D eigenvalue weighted by Gasteiger charge is 2.20. The van der Waals surface area contributed by atoms with Crippen LogP contribution in [-0.2, 0) is 13.0 Å². The Morgan fingerprint density at radius 2 is 2.17 bits per heavy atom. The first-order valence-electron chi connectivity index (χ1n) is 6.82. The number of unbranched alkanes of at least 4 members (excludes halogenated alkanes) is 1. The summed E-state index contributed by atoms with van der Waals surface area (Å²) in [6, 6.07) is 0. The number of imidazole rings is 1. The molecular formula is C14H26N4. The lowest BCUT2D eigenvalue weighted by Crippen LogP contribution is -2.30. The lowest BCUT2D eigenvalue weighted by atomic mass is 9.86. The van der Waals surface area contributed by atoms with E-state index in [0.29, 0.717) is 0 Å². The smallest absolute Gasteiger partial charge is 0.108 e. The maximum absolute atomic E-state index is 7.52. The molecule has 1 aromatic heterocycles. The lowest BCUT2D eigenvalue weighted by Gasteiger charge is -2.22. The molecule has 0 amide bonds. The molecule has 0 unspecified atom stereocenters. The fourth-order valence-corrected chi connectivity index (χ4v) is 1.98. The van der Waals surface area contributed by atoms with Crippen molar-refractivity contribution in [3.63, 3.8) is 0 Å². The Balaban J connectivity index is 2.34. The Labute approximate surface area is 110 Å². The number of amidine groups is 1. The monoisotopic (exact) mass is 250 g/mol. The normalized spacial score (nSPS) is 11.7. The SMILES string of the molecule is CCCc1nccn1CCCCC(C)(C)C(=N)N. The van der Waals surface area contributed by atoms with Crippen molar-refractivity contribution in [3.8, 4) is 0 Å². The van der Waals surface area contributed by atoms with Gasteiger partial charge in [-0.1, -0.05) is 27.2 Å². The number of hydrogen-bond acceptors (Lipinski definition) is 2. The molecule has 0 bridgehead atoms. The van der Waals surface area contributed by atoms with Crippen LogP contribution in [0.5, 0.6) is 0 Å². The van der Waals surface area contributed by atoms with Crippen molar-refractivity contribution in [2.24, 2.45) is 11.1 Å². The van der Waals surface area contributed by atoms with Crippen LogP contribution in [0.4, 0.5) is 0 Å².